The van der Waals surface area contributed by atoms with Gasteiger partial charge in [-0.05, 0) is 50.3 Å². The molecule has 1 aromatic carbocycles. The third kappa shape index (κ3) is 3.99. The summed E-state index contributed by atoms with van der Waals surface area (Å²) >= 11 is 0. The zero-order chi connectivity index (χ0) is 21.4. The van der Waals surface area contributed by atoms with E-state index in [2.05, 4.69) is 21.4 Å². The van der Waals surface area contributed by atoms with E-state index in [9.17, 15) is 28.4 Å². The highest BCUT2D eigenvalue weighted by Gasteiger charge is 2.50. The van der Waals surface area contributed by atoms with E-state index >= 15 is 0 Å². The van der Waals surface area contributed by atoms with Gasteiger partial charge in [-0.1, -0.05) is 12.1 Å². The number of nitrogens with zero attached hydrogens (tertiary/aromatic N) is 2. The Labute approximate surface area is 165 Å². The lowest BCUT2D eigenvalue weighted by molar-refractivity contribution is -0.135. The molecule has 154 valence electrons. The number of imide groups is 1. The number of benzene rings is 1. The Morgan fingerprint density at radius 3 is 2.55 bits per heavy atom. The highest BCUT2D eigenvalue weighted by Crippen LogP contribution is 2.39. The van der Waals surface area contributed by atoms with Crippen molar-refractivity contribution in [3.63, 3.8) is 0 Å². The van der Waals surface area contributed by atoms with Gasteiger partial charge in [-0.15, -0.1) is 0 Å². The van der Waals surface area contributed by atoms with E-state index < -0.39 is 42.1 Å². The second kappa shape index (κ2) is 7.31. The van der Waals surface area contributed by atoms with Gasteiger partial charge in [0.2, 0.25) is 5.91 Å². The Morgan fingerprint density at radius 1 is 1.41 bits per heavy atom. The maximum absolute atomic E-state index is 12.9. The minimum absolute atomic E-state index is 0.0544. The lowest BCUT2D eigenvalue weighted by Crippen LogP contribution is -2.51. The predicted octanol–water partition coefficient (Wildman–Crippen LogP) is 1.86. The summed E-state index contributed by atoms with van der Waals surface area (Å²) in [6.07, 6.45) is 1.66. The van der Waals surface area contributed by atoms with Gasteiger partial charge in [-0.2, -0.15) is 14.0 Å². The Bertz CT molecular complexity index is 881. The van der Waals surface area contributed by atoms with E-state index in [0.29, 0.717) is 5.56 Å². The monoisotopic (exact) mass is 406 g/mol. The number of ether oxygens (including phenoxy) is 1. The number of urea groups is 1. The number of hydrogen-bond acceptors (Lipinski definition) is 5. The summed E-state index contributed by atoms with van der Waals surface area (Å²) in [5.41, 5.74) is -2.16. The molecular weight excluding hydrogens is 386 g/mol. The minimum Gasteiger partial charge on any atom is -0.435 e. The molecule has 0 radical (unpaired) electrons. The number of rotatable bonds is 7. The molecule has 3 rings (SSSR count). The standard InChI is InChI=1S/C19H20F2N4O4/c1-18(10-22,11-3-4-11)23-14(26)9-25-15(27)19(2,24-17(25)28)12-5-7-13(8-6-12)29-16(20)21/h5-8,11,16H,3-4,9H2,1-2H3,(H,23,26)(H,24,28)/t18-,19+/m1/s1. The minimum atomic E-state index is -2.98. The molecule has 29 heavy (non-hydrogen) atoms. The number of nitriles is 1. The molecule has 0 unspecified atom stereocenters. The Morgan fingerprint density at radius 2 is 2.03 bits per heavy atom. The highest BCUT2D eigenvalue weighted by atomic mass is 19.3. The lowest BCUT2D eigenvalue weighted by Gasteiger charge is -2.25. The summed E-state index contributed by atoms with van der Waals surface area (Å²) in [4.78, 5) is 38.3. The lowest BCUT2D eigenvalue weighted by atomic mass is 9.92. The van der Waals surface area contributed by atoms with E-state index in [1.807, 2.05) is 0 Å². The molecular formula is C19H20F2N4O4. The van der Waals surface area contributed by atoms with Crippen molar-refractivity contribution in [1.29, 1.82) is 5.26 Å². The van der Waals surface area contributed by atoms with Gasteiger partial charge in [0.25, 0.3) is 5.91 Å². The van der Waals surface area contributed by atoms with Gasteiger partial charge in [0, 0.05) is 0 Å². The van der Waals surface area contributed by atoms with Crippen molar-refractivity contribution in [2.24, 2.45) is 5.92 Å². The van der Waals surface area contributed by atoms with Crippen molar-refractivity contribution in [2.45, 2.75) is 44.4 Å². The van der Waals surface area contributed by atoms with E-state index in [1.165, 1.54) is 31.2 Å². The first-order chi connectivity index (χ1) is 13.6. The fourth-order valence-electron chi connectivity index (χ4n) is 3.36. The predicted molar refractivity (Wildman–Crippen MR) is 95.6 cm³/mol. The number of amides is 4. The number of carbonyl (C=O) groups excluding carboxylic acids is 3. The molecule has 1 heterocycles. The molecule has 0 aromatic heterocycles. The summed E-state index contributed by atoms with van der Waals surface area (Å²) < 4.78 is 28.8. The summed E-state index contributed by atoms with van der Waals surface area (Å²) in [7, 11) is 0. The fourth-order valence-corrected chi connectivity index (χ4v) is 3.36. The van der Waals surface area contributed by atoms with Crippen LogP contribution in [0.3, 0.4) is 0 Å². The molecule has 1 aromatic rings. The summed E-state index contributed by atoms with van der Waals surface area (Å²) in [5.74, 6) is -1.31. The summed E-state index contributed by atoms with van der Waals surface area (Å²) in [6, 6.07) is 6.61. The first kappa shape index (κ1) is 20.5. The smallest absolute Gasteiger partial charge is 0.387 e. The Hall–Kier alpha value is -3.22. The summed E-state index contributed by atoms with van der Waals surface area (Å²) in [6.45, 7) is -0.441. The molecule has 1 saturated carbocycles. The van der Waals surface area contributed by atoms with Crippen LogP contribution in [0.1, 0.15) is 32.3 Å². The van der Waals surface area contributed by atoms with Crippen LogP contribution in [-0.2, 0) is 15.1 Å². The van der Waals surface area contributed by atoms with Crippen molar-refractivity contribution in [3.05, 3.63) is 29.8 Å². The van der Waals surface area contributed by atoms with E-state index in [4.69, 9.17) is 0 Å². The van der Waals surface area contributed by atoms with Crippen LogP contribution in [0.4, 0.5) is 13.6 Å². The Kier molecular flexibility index (Phi) is 5.17. The van der Waals surface area contributed by atoms with Crippen LogP contribution in [0.2, 0.25) is 0 Å². The molecule has 10 heteroatoms. The average molecular weight is 406 g/mol. The molecule has 2 fully saturated rings. The van der Waals surface area contributed by atoms with Crippen LogP contribution in [0, 0.1) is 17.2 Å². The first-order valence-corrected chi connectivity index (χ1v) is 9.01. The van der Waals surface area contributed by atoms with Crippen LogP contribution in [0.5, 0.6) is 5.75 Å². The van der Waals surface area contributed by atoms with Crippen molar-refractivity contribution in [3.8, 4) is 11.8 Å². The fraction of sp³-hybridized carbons (Fsp3) is 0.474. The molecule has 0 bridgehead atoms. The molecule has 1 aliphatic heterocycles. The molecule has 4 amide bonds. The highest BCUT2D eigenvalue weighted by molar-refractivity contribution is 6.09. The van der Waals surface area contributed by atoms with E-state index in [-0.39, 0.29) is 11.7 Å². The molecule has 0 spiro atoms. The van der Waals surface area contributed by atoms with E-state index in [1.54, 1.807) is 6.92 Å². The van der Waals surface area contributed by atoms with E-state index in [0.717, 1.165) is 17.7 Å². The number of hydrogen-bond donors (Lipinski definition) is 2. The van der Waals surface area contributed by atoms with Crippen molar-refractivity contribution >= 4 is 17.8 Å². The van der Waals surface area contributed by atoms with Crippen LogP contribution >= 0.6 is 0 Å². The zero-order valence-corrected chi connectivity index (χ0v) is 15.9. The van der Waals surface area contributed by atoms with Crippen LogP contribution in [0.25, 0.3) is 0 Å². The number of halogens is 2. The van der Waals surface area contributed by atoms with Gasteiger partial charge >= 0.3 is 12.6 Å². The van der Waals surface area contributed by atoms with Gasteiger partial charge in [0.1, 0.15) is 23.4 Å². The van der Waals surface area contributed by atoms with Gasteiger partial charge < -0.3 is 15.4 Å². The molecule has 2 aliphatic rings. The Balaban J connectivity index is 1.71. The van der Waals surface area contributed by atoms with Gasteiger partial charge in [0.15, 0.2) is 0 Å². The van der Waals surface area contributed by atoms with Crippen molar-refractivity contribution in [1.82, 2.24) is 15.5 Å². The quantitative estimate of drug-likeness (QED) is 0.672. The topological polar surface area (TPSA) is 112 Å². The van der Waals surface area contributed by atoms with Crippen LogP contribution < -0.4 is 15.4 Å². The molecule has 8 nitrogen and oxygen atoms in total. The molecule has 1 aliphatic carbocycles. The molecule has 1 saturated heterocycles. The normalized spacial score (nSPS) is 23.4. The average Bonchev–Trinajstić information content (AvgIpc) is 3.48. The summed E-state index contributed by atoms with van der Waals surface area (Å²) in [5, 5.41) is 14.5. The second-order valence-electron chi connectivity index (χ2n) is 7.49. The molecule has 2 atom stereocenters. The van der Waals surface area contributed by atoms with Gasteiger partial charge in [0.05, 0.1) is 6.07 Å². The second-order valence-corrected chi connectivity index (χ2v) is 7.49. The largest absolute Gasteiger partial charge is 0.435 e. The maximum atomic E-state index is 12.9. The van der Waals surface area contributed by atoms with Crippen molar-refractivity contribution in [2.75, 3.05) is 6.54 Å². The number of carbonyl (C=O) groups is 3. The van der Waals surface area contributed by atoms with Crippen LogP contribution in [-0.4, -0.2) is 41.4 Å². The number of nitrogens with one attached hydrogen (secondary N) is 2. The van der Waals surface area contributed by atoms with Crippen LogP contribution in [0.15, 0.2) is 24.3 Å². The van der Waals surface area contributed by atoms with Gasteiger partial charge in [-0.3, -0.25) is 14.5 Å². The third-order valence-electron chi connectivity index (χ3n) is 5.26. The zero-order valence-electron chi connectivity index (χ0n) is 15.9. The number of alkyl halides is 2. The maximum Gasteiger partial charge on any atom is 0.387 e. The SMILES string of the molecule is C[C@](C#N)(NC(=O)CN1C(=O)N[C@@](C)(c2ccc(OC(F)F)cc2)C1=O)C1CC1. The molecule has 2 N–H and O–H groups in total. The van der Waals surface area contributed by atoms with Gasteiger partial charge in [-0.25, -0.2) is 4.79 Å². The van der Waals surface area contributed by atoms with Crippen molar-refractivity contribution < 1.29 is 27.9 Å². The third-order valence-corrected chi connectivity index (χ3v) is 5.26. The first-order valence-electron chi connectivity index (χ1n) is 9.01.